The second kappa shape index (κ2) is 11.9. The molecule has 16 heavy (non-hydrogen) atoms. The number of hydrogen-bond acceptors (Lipinski definition) is 3. The molecule has 0 radical (unpaired) electrons. The van der Waals surface area contributed by atoms with Crippen LogP contribution >= 0.6 is 11.6 Å². The summed E-state index contributed by atoms with van der Waals surface area (Å²) in [7, 11) is 0. The van der Waals surface area contributed by atoms with Crippen molar-refractivity contribution >= 4 is 23.8 Å². The number of rotatable bonds is 2. The molecule has 0 aromatic carbocycles. The minimum absolute atomic E-state index is 0.380. The quantitative estimate of drug-likeness (QED) is 0.361. The van der Waals surface area contributed by atoms with Crippen molar-refractivity contribution in [3.63, 3.8) is 0 Å². The molecule has 1 aromatic heterocycles. The Morgan fingerprint density at radius 1 is 1.31 bits per heavy atom. The number of hydrogen-bond donors (Lipinski definition) is 2. The third-order valence-electron chi connectivity index (χ3n) is 1.28. The van der Waals surface area contributed by atoms with E-state index in [1.54, 1.807) is 17.6 Å². The molecule has 4 nitrogen and oxygen atoms in total. The van der Waals surface area contributed by atoms with Gasteiger partial charge in [0, 0.05) is 0 Å². The van der Waals surface area contributed by atoms with Gasteiger partial charge >= 0.3 is 0 Å². The first-order chi connectivity index (χ1) is 7.74. The summed E-state index contributed by atoms with van der Waals surface area (Å²) >= 11 is 5.63. The molecule has 0 bridgehead atoms. The molecule has 0 atom stereocenters. The van der Waals surface area contributed by atoms with Gasteiger partial charge in [0.2, 0.25) is 0 Å². The maximum atomic E-state index is 8.23. The number of nitrogens with zero attached hydrogens (tertiary/aromatic N) is 2. The van der Waals surface area contributed by atoms with Crippen LogP contribution in [-0.4, -0.2) is 16.5 Å². The van der Waals surface area contributed by atoms with Crippen molar-refractivity contribution in [1.29, 1.82) is 0 Å². The van der Waals surface area contributed by atoms with Crippen LogP contribution in [0, 0.1) is 6.92 Å². The maximum absolute atomic E-state index is 8.23. The Kier molecular flexibility index (Phi) is 12.9. The largest absolute Gasteiger partial charge is 0.290 e. The Hall–Kier alpha value is -1.13. The highest BCUT2D eigenvalue weighted by atomic mass is 35.5. The van der Waals surface area contributed by atoms with E-state index in [1.807, 2.05) is 34.6 Å². The molecule has 0 unspecified atom stereocenters. The Labute approximate surface area is 102 Å². The van der Waals surface area contributed by atoms with Gasteiger partial charge in [-0.3, -0.25) is 10.7 Å². The molecule has 1 aromatic rings. The first-order valence-electron chi connectivity index (χ1n) is 5.29. The smallest absolute Gasteiger partial charge is 0.158 e. The number of aryl methyl sites for hydroxylation is 1. The summed E-state index contributed by atoms with van der Waals surface area (Å²) in [5.41, 5.74) is 2.68. The van der Waals surface area contributed by atoms with Gasteiger partial charge in [-0.1, -0.05) is 45.4 Å². The topological polar surface area (TPSA) is 57.5 Å². The van der Waals surface area contributed by atoms with E-state index in [4.69, 9.17) is 16.8 Å². The molecule has 0 saturated carbocycles. The number of nitrogens with one attached hydrogen (secondary N) is 1. The fourth-order valence-corrected chi connectivity index (χ4v) is 0.859. The SMILES string of the molecule is CC.CC.Cc1ccc(Cl)nc1/N=C/NO. The molecule has 0 fully saturated rings. The molecule has 0 aliphatic carbocycles. The molecule has 2 N–H and O–H groups in total. The van der Waals surface area contributed by atoms with Crippen LogP contribution in [0.3, 0.4) is 0 Å². The van der Waals surface area contributed by atoms with Crippen molar-refractivity contribution in [3.05, 3.63) is 22.8 Å². The fraction of sp³-hybridized carbons (Fsp3) is 0.455. The predicted octanol–water partition coefficient (Wildman–Crippen LogP) is 3.73. The number of aliphatic imine (C=N–C) groups is 1. The number of hydroxylamine groups is 1. The van der Waals surface area contributed by atoms with E-state index in [2.05, 4.69) is 9.98 Å². The van der Waals surface area contributed by atoms with Gasteiger partial charge in [-0.25, -0.2) is 9.98 Å². The summed E-state index contributed by atoms with van der Waals surface area (Å²) in [4.78, 5) is 7.73. The van der Waals surface area contributed by atoms with Crippen molar-refractivity contribution in [2.45, 2.75) is 34.6 Å². The molecule has 0 aliphatic heterocycles. The monoisotopic (exact) mass is 245 g/mol. The van der Waals surface area contributed by atoms with E-state index in [-0.39, 0.29) is 0 Å². The summed E-state index contributed by atoms with van der Waals surface area (Å²) in [6, 6.07) is 3.49. The first-order valence-corrected chi connectivity index (χ1v) is 5.67. The van der Waals surface area contributed by atoms with Crippen molar-refractivity contribution < 1.29 is 5.21 Å². The van der Waals surface area contributed by atoms with Gasteiger partial charge in [-0.2, -0.15) is 0 Å². The van der Waals surface area contributed by atoms with E-state index >= 15 is 0 Å². The molecule has 0 amide bonds. The number of halogens is 1. The molecule has 1 rings (SSSR count). The standard InChI is InChI=1S/C7H8ClN3O.2C2H6/c1-5-2-3-6(8)11-7(5)9-4-10-12;2*1-2/h2-4,12H,1H3,(H,9,10,11);2*1-2H3. The number of aromatic nitrogens is 1. The van der Waals surface area contributed by atoms with Crippen LogP contribution in [0.1, 0.15) is 33.3 Å². The zero-order chi connectivity index (χ0) is 13.0. The van der Waals surface area contributed by atoms with Gasteiger partial charge in [0.1, 0.15) is 11.5 Å². The van der Waals surface area contributed by atoms with Gasteiger partial charge < -0.3 is 0 Å². The van der Waals surface area contributed by atoms with Gasteiger partial charge in [0.25, 0.3) is 0 Å². The molecular formula is C11H20ClN3O. The van der Waals surface area contributed by atoms with Crippen LogP contribution < -0.4 is 5.48 Å². The third kappa shape index (κ3) is 7.20. The fourth-order valence-electron chi connectivity index (χ4n) is 0.716. The molecule has 5 heteroatoms. The normalized spacial score (nSPS) is 8.69. The highest BCUT2D eigenvalue weighted by molar-refractivity contribution is 6.29. The highest BCUT2D eigenvalue weighted by Gasteiger charge is 1.97. The maximum Gasteiger partial charge on any atom is 0.158 e. The summed E-state index contributed by atoms with van der Waals surface area (Å²) in [6.45, 7) is 9.85. The van der Waals surface area contributed by atoms with Crippen molar-refractivity contribution in [2.75, 3.05) is 0 Å². The molecule has 0 aliphatic rings. The van der Waals surface area contributed by atoms with Crippen LogP contribution in [0.25, 0.3) is 0 Å². The van der Waals surface area contributed by atoms with E-state index in [0.29, 0.717) is 11.0 Å². The Morgan fingerprint density at radius 3 is 2.38 bits per heavy atom. The molecule has 0 saturated heterocycles. The minimum atomic E-state index is 0.380. The lowest BCUT2D eigenvalue weighted by atomic mass is 10.3. The van der Waals surface area contributed by atoms with E-state index in [9.17, 15) is 0 Å². The van der Waals surface area contributed by atoms with Crippen LogP contribution in [0.2, 0.25) is 5.15 Å². The van der Waals surface area contributed by atoms with Gasteiger partial charge in [-0.15, -0.1) is 0 Å². The lowest BCUT2D eigenvalue weighted by Crippen LogP contribution is -2.01. The minimum Gasteiger partial charge on any atom is -0.290 e. The van der Waals surface area contributed by atoms with Crippen LogP contribution in [0.4, 0.5) is 5.82 Å². The second-order valence-corrected chi connectivity index (χ2v) is 2.55. The lowest BCUT2D eigenvalue weighted by molar-refractivity contribution is 0.240. The molecular weight excluding hydrogens is 226 g/mol. The van der Waals surface area contributed by atoms with Gasteiger partial charge in [0.05, 0.1) is 0 Å². The van der Waals surface area contributed by atoms with Crippen molar-refractivity contribution in [2.24, 2.45) is 4.99 Å². The zero-order valence-corrected chi connectivity index (χ0v) is 11.2. The Morgan fingerprint density at radius 2 is 1.88 bits per heavy atom. The van der Waals surface area contributed by atoms with Gasteiger partial charge in [-0.05, 0) is 18.6 Å². The average Bonchev–Trinajstić information content (AvgIpc) is 2.35. The number of pyridine rings is 1. The Bertz CT molecular complexity index is 303. The highest BCUT2D eigenvalue weighted by Crippen LogP contribution is 2.17. The van der Waals surface area contributed by atoms with Crippen LogP contribution in [-0.2, 0) is 0 Å². The summed E-state index contributed by atoms with van der Waals surface area (Å²) in [5.74, 6) is 0.490. The summed E-state index contributed by atoms with van der Waals surface area (Å²) in [5, 5.41) is 8.61. The summed E-state index contributed by atoms with van der Waals surface area (Å²) in [6.07, 6.45) is 1.13. The van der Waals surface area contributed by atoms with Crippen molar-refractivity contribution in [1.82, 2.24) is 10.5 Å². The predicted molar refractivity (Wildman–Crippen MR) is 69.8 cm³/mol. The van der Waals surface area contributed by atoms with Crippen molar-refractivity contribution in [3.8, 4) is 0 Å². The average molecular weight is 246 g/mol. The summed E-state index contributed by atoms with van der Waals surface area (Å²) < 4.78 is 0. The zero-order valence-electron chi connectivity index (χ0n) is 10.5. The van der Waals surface area contributed by atoms with E-state index in [1.165, 1.54) is 0 Å². The first kappa shape index (κ1) is 17.3. The van der Waals surface area contributed by atoms with Crippen LogP contribution in [0.5, 0.6) is 0 Å². The molecule has 1 heterocycles. The van der Waals surface area contributed by atoms with Crippen LogP contribution in [0.15, 0.2) is 17.1 Å². The Balaban J connectivity index is 0. The van der Waals surface area contributed by atoms with E-state index < -0.39 is 0 Å². The third-order valence-corrected chi connectivity index (χ3v) is 1.49. The molecule has 0 spiro atoms. The lowest BCUT2D eigenvalue weighted by Gasteiger charge is -1.97. The van der Waals surface area contributed by atoms with E-state index in [0.717, 1.165) is 11.9 Å². The second-order valence-electron chi connectivity index (χ2n) is 2.16. The van der Waals surface area contributed by atoms with Gasteiger partial charge in [0.15, 0.2) is 5.82 Å². The molecule has 92 valence electrons.